The zero-order chi connectivity index (χ0) is 26.2. The molecular weight excluding hydrogens is 484 g/mol. The van der Waals surface area contributed by atoms with Crippen LogP contribution in [0.5, 0.6) is 5.75 Å². The van der Waals surface area contributed by atoms with Crippen molar-refractivity contribution in [3.05, 3.63) is 100 Å². The summed E-state index contributed by atoms with van der Waals surface area (Å²) in [6, 6.07) is 22.6. The minimum atomic E-state index is -0.672. The molecule has 3 aromatic carbocycles. The van der Waals surface area contributed by atoms with Crippen LogP contribution in [0.3, 0.4) is 0 Å². The van der Waals surface area contributed by atoms with Gasteiger partial charge in [0, 0.05) is 24.0 Å². The minimum absolute atomic E-state index is 0.121. The monoisotopic (exact) mass is 518 g/mol. The zero-order valence-electron chi connectivity index (χ0n) is 21.6. The van der Waals surface area contributed by atoms with Crippen molar-refractivity contribution in [2.45, 2.75) is 64.6 Å². The topological polar surface area (TPSA) is 58.6 Å². The number of amides is 2. The van der Waals surface area contributed by atoms with Crippen LogP contribution in [0.25, 0.3) is 0 Å². The summed E-state index contributed by atoms with van der Waals surface area (Å²) >= 11 is 6.10. The summed E-state index contributed by atoms with van der Waals surface area (Å²) in [6.07, 6.45) is 4.61. The fraction of sp³-hybridized carbons (Fsp3) is 0.355. The highest BCUT2D eigenvalue weighted by Gasteiger charge is 2.32. The Bertz CT molecular complexity index is 1170. The molecule has 1 N–H and O–H groups in total. The van der Waals surface area contributed by atoms with Gasteiger partial charge in [-0.2, -0.15) is 0 Å². The Balaban J connectivity index is 1.61. The van der Waals surface area contributed by atoms with Crippen molar-refractivity contribution in [1.29, 1.82) is 0 Å². The molecule has 194 valence electrons. The molecule has 0 heterocycles. The zero-order valence-corrected chi connectivity index (χ0v) is 22.3. The van der Waals surface area contributed by atoms with Gasteiger partial charge in [-0.15, -0.1) is 0 Å². The van der Waals surface area contributed by atoms with Gasteiger partial charge in [-0.25, -0.2) is 0 Å². The smallest absolute Gasteiger partial charge is 0.261 e. The SMILES string of the molecule is Cc1cc(C)cc(OCC(=O)N(Cc2ccc(Cl)cc2)[C@@H](Cc2ccccc2)C(=O)NC2CCCC2)c1. The number of carbonyl (C=O) groups is 2. The number of aryl methyl sites for hydroxylation is 2. The third-order valence-corrected chi connectivity index (χ3v) is 7.05. The number of ether oxygens (including phenoxy) is 1. The first-order valence-electron chi connectivity index (χ1n) is 13.0. The molecule has 0 saturated heterocycles. The molecule has 0 aromatic heterocycles. The summed E-state index contributed by atoms with van der Waals surface area (Å²) in [5, 5.41) is 3.85. The Morgan fingerprint density at radius 1 is 0.946 bits per heavy atom. The van der Waals surface area contributed by atoms with Crippen molar-refractivity contribution < 1.29 is 14.3 Å². The molecule has 0 unspecified atom stereocenters. The summed E-state index contributed by atoms with van der Waals surface area (Å²) in [5.74, 6) is 0.286. The average molecular weight is 519 g/mol. The van der Waals surface area contributed by atoms with Crippen LogP contribution in [0.15, 0.2) is 72.8 Å². The highest BCUT2D eigenvalue weighted by Crippen LogP contribution is 2.21. The lowest BCUT2D eigenvalue weighted by Gasteiger charge is -2.32. The van der Waals surface area contributed by atoms with Gasteiger partial charge in [0.05, 0.1) is 0 Å². The molecule has 1 aliphatic rings. The van der Waals surface area contributed by atoms with Crippen molar-refractivity contribution in [2.75, 3.05) is 6.61 Å². The molecule has 4 rings (SSSR count). The number of hydrogen-bond acceptors (Lipinski definition) is 3. The number of benzene rings is 3. The van der Waals surface area contributed by atoms with Gasteiger partial charge in [-0.3, -0.25) is 9.59 Å². The maximum absolute atomic E-state index is 13.7. The van der Waals surface area contributed by atoms with E-state index in [1.54, 1.807) is 17.0 Å². The molecule has 1 atom stereocenters. The van der Waals surface area contributed by atoms with E-state index in [1.807, 2.05) is 68.4 Å². The molecule has 3 aromatic rings. The van der Waals surface area contributed by atoms with Crippen molar-refractivity contribution in [1.82, 2.24) is 10.2 Å². The first kappa shape index (κ1) is 26.7. The molecule has 0 radical (unpaired) electrons. The summed E-state index contributed by atoms with van der Waals surface area (Å²) in [4.78, 5) is 29.1. The highest BCUT2D eigenvalue weighted by molar-refractivity contribution is 6.30. The van der Waals surface area contributed by atoms with Gasteiger partial charge in [0.1, 0.15) is 11.8 Å². The Morgan fingerprint density at radius 2 is 1.59 bits per heavy atom. The molecule has 5 nitrogen and oxygen atoms in total. The number of halogens is 1. The van der Waals surface area contributed by atoms with E-state index in [0.717, 1.165) is 47.9 Å². The lowest BCUT2D eigenvalue weighted by molar-refractivity contribution is -0.143. The lowest BCUT2D eigenvalue weighted by atomic mass is 10.0. The maximum atomic E-state index is 13.7. The molecule has 6 heteroatoms. The standard InChI is InChI=1S/C31H35ClN2O3/c1-22-16-23(2)18-28(17-22)37-21-30(35)34(20-25-12-14-26(32)15-13-25)29(19-24-8-4-3-5-9-24)31(36)33-27-10-6-7-11-27/h3-5,8-9,12-18,27,29H,6-7,10-11,19-21H2,1-2H3,(H,33,36)/t29-/m0/s1. The maximum Gasteiger partial charge on any atom is 0.261 e. The Labute approximate surface area is 224 Å². The summed E-state index contributed by atoms with van der Waals surface area (Å²) in [6.45, 7) is 4.12. The number of hydrogen-bond donors (Lipinski definition) is 1. The first-order chi connectivity index (χ1) is 17.9. The molecule has 1 aliphatic carbocycles. The second-order valence-electron chi connectivity index (χ2n) is 9.96. The number of nitrogens with one attached hydrogen (secondary N) is 1. The van der Waals surface area contributed by atoms with E-state index >= 15 is 0 Å². The van der Waals surface area contributed by atoms with Crippen molar-refractivity contribution in [2.24, 2.45) is 0 Å². The predicted octanol–water partition coefficient (Wildman–Crippen LogP) is 6.03. The molecule has 1 fully saturated rings. The predicted molar refractivity (Wildman–Crippen MR) is 148 cm³/mol. The fourth-order valence-electron chi connectivity index (χ4n) is 4.95. The minimum Gasteiger partial charge on any atom is -0.484 e. The van der Waals surface area contributed by atoms with Crippen LogP contribution in [0.4, 0.5) is 0 Å². The van der Waals surface area contributed by atoms with E-state index in [-0.39, 0.29) is 31.0 Å². The molecule has 37 heavy (non-hydrogen) atoms. The van der Waals surface area contributed by atoms with Gasteiger partial charge in [-0.05, 0) is 73.2 Å². The van der Waals surface area contributed by atoms with Gasteiger partial charge in [0.25, 0.3) is 5.91 Å². The third-order valence-electron chi connectivity index (χ3n) is 6.80. The van der Waals surface area contributed by atoms with Gasteiger partial charge in [0.2, 0.25) is 5.91 Å². The average Bonchev–Trinajstić information content (AvgIpc) is 3.39. The van der Waals surface area contributed by atoms with Crippen LogP contribution in [0, 0.1) is 13.8 Å². The normalized spacial score (nSPS) is 14.2. The van der Waals surface area contributed by atoms with Crippen molar-refractivity contribution >= 4 is 23.4 Å². The van der Waals surface area contributed by atoms with Crippen LogP contribution in [0.2, 0.25) is 5.02 Å². The van der Waals surface area contributed by atoms with E-state index in [2.05, 4.69) is 11.4 Å². The van der Waals surface area contributed by atoms with Crippen LogP contribution in [-0.4, -0.2) is 35.4 Å². The van der Waals surface area contributed by atoms with E-state index in [1.165, 1.54) is 0 Å². The molecule has 1 saturated carbocycles. The molecule has 0 bridgehead atoms. The van der Waals surface area contributed by atoms with Crippen LogP contribution >= 0.6 is 11.6 Å². The molecule has 0 spiro atoms. The van der Waals surface area contributed by atoms with Crippen LogP contribution in [-0.2, 0) is 22.6 Å². The van der Waals surface area contributed by atoms with Crippen molar-refractivity contribution in [3.8, 4) is 5.75 Å². The largest absolute Gasteiger partial charge is 0.484 e. The van der Waals surface area contributed by atoms with Gasteiger partial charge >= 0.3 is 0 Å². The van der Waals surface area contributed by atoms with Gasteiger partial charge in [0.15, 0.2) is 6.61 Å². The third kappa shape index (κ3) is 7.83. The summed E-state index contributed by atoms with van der Waals surface area (Å²) < 4.78 is 5.94. The number of carbonyl (C=O) groups excluding carboxylic acids is 2. The van der Waals surface area contributed by atoms with E-state index in [0.29, 0.717) is 17.2 Å². The Hall–Kier alpha value is -3.31. The Morgan fingerprint density at radius 3 is 2.24 bits per heavy atom. The van der Waals surface area contributed by atoms with Gasteiger partial charge < -0.3 is 15.0 Å². The van der Waals surface area contributed by atoms with Crippen LogP contribution < -0.4 is 10.1 Å². The van der Waals surface area contributed by atoms with E-state index in [4.69, 9.17) is 16.3 Å². The second-order valence-corrected chi connectivity index (χ2v) is 10.4. The fourth-order valence-corrected chi connectivity index (χ4v) is 5.08. The summed E-state index contributed by atoms with van der Waals surface area (Å²) in [7, 11) is 0. The van der Waals surface area contributed by atoms with Gasteiger partial charge in [-0.1, -0.05) is 73.0 Å². The van der Waals surface area contributed by atoms with E-state index < -0.39 is 6.04 Å². The summed E-state index contributed by atoms with van der Waals surface area (Å²) in [5.41, 5.74) is 4.03. The highest BCUT2D eigenvalue weighted by atomic mass is 35.5. The van der Waals surface area contributed by atoms with Crippen molar-refractivity contribution in [3.63, 3.8) is 0 Å². The van der Waals surface area contributed by atoms with E-state index in [9.17, 15) is 9.59 Å². The Kier molecular flexibility index (Phi) is 9.24. The first-order valence-corrected chi connectivity index (χ1v) is 13.3. The molecular formula is C31H35ClN2O3. The number of rotatable bonds is 10. The lowest BCUT2D eigenvalue weighted by Crippen LogP contribution is -2.53. The number of nitrogens with zero attached hydrogens (tertiary/aromatic N) is 1. The quantitative estimate of drug-likeness (QED) is 0.356. The molecule has 0 aliphatic heterocycles. The van der Waals surface area contributed by atoms with Crippen LogP contribution in [0.1, 0.15) is 47.9 Å². The second kappa shape index (κ2) is 12.8. The molecule has 2 amide bonds.